The zero-order chi connectivity index (χ0) is 13.8. The molecule has 102 valence electrons. The molecule has 0 amide bonds. The molecule has 0 spiro atoms. The topological polar surface area (TPSA) is 3.24 Å². The monoisotopic (exact) mass is 280 g/mol. The van der Waals surface area contributed by atoms with Gasteiger partial charge < -0.3 is 4.90 Å². The fourth-order valence-electron chi connectivity index (χ4n) is 0.949. The average Bonchev–Trinajstić information content (AvgIpc) is 1.98. The molecule has 1 aromatic rings. The van der Waals surface area contributed by atoms with E-state index in [-0.39, 0.29) is 0 Å². The summed E-state index contributed by atoms with van der Waals surface area (Å²) in [5.74, 6) is 0. The van der Waals surface area contributed by atoms with Crippen molar-refractivity contribution in [2.24, 2.45) is 0 Å². The van der Waals surface area contributed by atoms with Gasteiger partial charge in [0.1, 0.15) is 0 Å². The van der Waals surface area contributed by atoms with Crippen LogP contribution in [0.15, 0.2) is 30.3 Å². The van der Waals surface area contributed by atoms with E-state index in [1.54, 1.807) is 0 Å². The molecule has 0 atom stereocenters. The van der Waals surface area contributed by atoms with Crippen molar-refractivity contribution in [3.8, 4) is 0 Å². The molecule has 0 saturated heterocycles. The minimum atomic E-state index is -10.7. The van der Waals surface area contributed by atoms with Gasteiger partial charge in [-0.1, -0.05) is 30.3 Å². The van der Waals surface area contributed by atoms with Gasteiger partial charge in [0.2, 0.25) is 0 Å². The number of nitrogens with zero attached hydrogens (tertiary/aromatic N) is 1. The second-order valence-corrected chi connectivity index (χ2v) is 5.60. The third-order valence-electron chi connectivity index (χ3n) is 1.34. The molecule has 17 heavy (non-hydrogen) atoms. The summed E-state index contributed by atoms with van der Waals surface area (Å²) >= 11 is 0. The van der Waals surface area contributed by atoms with Gasteiger partial charge in [0.25, 0.3) is 0 Å². The van der Waals surface area contributed by atoms with Gasteiger partial charge in [-0.25, -0.2) is 0 Å². The molecule has 0 aliphatic carbocycles. The van der Waals surface area contributed by atoms with Crippen LogP contribution >= 0.6 is 7.81 Å². The fraction of sp³-hybridized carbons (Fsp3) is 0.333. The van der Waals surface area contributed by atoms with Gasteiger partial charge in [-0.2, -0.15) is 0 Å². The molecule has 0 radical (unpaired) electrons. The fourth-order valence-corrected chi connectivity index (χ4v) is 0.949. The molecule has 0 unspecified atom stereocenters. The Labute approximate surface area is 95.3 Å². The molecule has 0 aliphatic rings. The maximum absolute atomic E-state index is 10.7. The van der Waals surface area contributed by atoms with Crippen LogP contribution in [0.2, 0.25) is 0 Å². The summed E-state index contributed by atoms with van der Waals surface area (Å²) in [6, 6.07) is 10.5. The molecule has 1 rings (SSSR count). The Bertz CT molecular complexity index is 332. The Kier molecular flexibility index (Phi) is 4.25. The van der Waals surface area contributed by atoms with Gasteiger partial charge in [-0.3, -0.25) is 0 Å². The molecule has 0 heterocycles. The van der Waals surface area contributed by atoms with E-state index < -0.39 is 7.81 Å². The molecule has 0 bridgehead atoms. The third kappa shape index (κ3) is 21.1. The Hall–Kier alpha value is -0.810. The van der Waals surface area contributed by atoms with E-state index in [1.165, 1.54) is 5.56 Å². The van der Waals surface area contributed by atoms with E-state index >= 15 is 0 Å². The first-order valence-electron chi connectivity index (χ1n) is 4.49. The van der Waals surface area contributed by atoms with Crippen molar-refractivity contribution in [3.63, 3.8) is 0 Å². The van der Waals surface area contributed by atoms with Crippen LogP contribution in [0.3, 0.4) is 0 Å². The molecule has 0 saturated carbocycles. The predicted octanol–water partition coefficient (Wildman–Crippen LogP) is 5.13. The van der Waals surface area contributed by atoms with E-state index in [9.17, 15) is 25.2 Å². The molecule has 0 N–H and O–H groups in total. The first-order valence-corrected chi connectivity index (χ1v) is 6.52. The summed E-state index contributed by atoms with van der Waals surface area (Å²) in [5, 5.41) is 0. The van der Waals surface area contributed by atoms with Crippen molar-refractivity contribution in [2.75, 3.05) is 14.1 Å². The van der Waals surface area contributed by atoms with Crippen LogP contribution in [0.4, 0.5) is 25.2 Å². The Balaban J connectivity index is 0.000000325. The van der Waals surface area contributed by atoms with Crippen molar-refractivity contribution in [3.05, 3.63) is 35.9 Å². The van der Waals surface area contributed by atoms with E-state index in [1.807, 2.05) is 6.07 Å². The summed E-state index contributed by atoms with van der Waals surface area (Å²) in [4.78, 5) is 2.16. The Morgan fingerprint density at radius 2 is 1.24 bits per heavy atom. The molecular weight excluding hydrogens is 267 g/mol. The first kappa shape index (κ1) is 16.2. The van der Waals surface area contributed by atoms with Gasteiger partial charge in [-0.05, 0) is 19.7 Å². The molecule has 0 aromatic heterocycles. The average molecular weight is 280 g/mol. The van der Waals surface area contributed by atoms with Gasteiger partial charge in [0, 0.05) is 6.54 Å². The molecule has 1 nitrogen and oxygen atoms in total. The summed E-state index contributed by atoms with van der Waals surface area (Å²) in [7, 11) is -6.50. The summed E-state index contributed by atoms with van der Waals surface area (Å²) in [5.41, 5.74) is 1.37. The Morgan fingerprint density at radius 1 is 0.882 bits per heavy atom. The van der Waals surface area contributed by atoms with E-state index in [4.69, 9.17) is 0 Å². The predicted molar refractivity (Wildman–Crippen MR) is 57.4 cm³/mol. The summed E-state index contributed by atoms with van der Waals surface area (Å²) in [6.45, 7) is 1.03. The van der Waals surface area contributed by atoms with Crippen molar-refractivity contribution in [2.45, 2.75) is 6.54 Å². The van der Waals surface area contributed by atoms with Crippen molar-refractivity contribution in [1.82, 2.24) is 4.90 Å². The standard InChI is InChI=1S/C9H13N.F6P/c1-10(2)8-9-6-4-3-5-7-9;1-7(2,3,4,5)6/h3-7H,8H2,1-2H3;/q;-1. The Morgan fingerprint density at radius 3 is 1.53 bits per heavy atom. The van der Waals surface area contributed by atoms with Gasteiger partial charge in [0.15, 0.2) is 0 Å². The van der Waals surface area contributed by atoms with Gasteiger partial charge in [0.05, 0.1) is 0 Å². The third-order valence-corrected chi connectivity index (χ3v) is 1.34. The van der Waals surface area contributed by atoms with Crippen molar-refractivity contribution in [1.29, 1.82) is 0 Å². The zero-order valence-electron chi connectivity index (χ0n) is 9.26. The molecule has 0 fully saturated rings. The number of benzene rings is 1. The molecule has 8 heteroatoms. The SMILES string of the molecule is CN(C)Cc1ccccc1.F[P-](F)(F)(F)(F)F. The van der Waals surface area contributed by atoms with Gasteiger partial charge >= 0.3 is 33.0 Å². The van der Waals surface area contributed by atoms with Crippen LogP contribution in [0, 0.1) is 0 Å². The summed E-state index contributed by atoms with van der Waals surface area (Å²) in [6.07, 6.45) is 0. The second-order valence-electron chi connectivity index (χ2n) is 3.68. The van der Waals surface area contributed by atoms with Crippen LogP contribution in [0.1, 0.15) is 5.56 Å². The zero-order valence-corrected chi connectivity index (χ0v) is 10.2. The molecular formula is C9H13F6NP-. The normalized spacial score (nSPS) is 15.6. The number of hydrogen-bond donors (Lipinski definition) is 0. The molecule has 0 aliphatic heterocycles. The quantitative estimate of drug-likeness (QED) is 0.536. The van der Waals surface area contributed by atoms with Crippen molar-refractivity contribution >= 4 is 7.81 Å². The van der Waals surface area contributed by atoms with Crippen LogP contribution in [0.25, 0.3) is 0 Å². The number of halogens is 6. The maximum atomic E-state index is 9.87. The number of rotatable bonds is 2. The van der Waals surface area contributed by atoms with Crippen LogP contribution in [0.5, 0.6) is 0 Å². The van der Waals surface area contributed by atoms with Gasteiger partial charge in [-0.15, -0.1) is 0 Å². The number of hydrogen-bond acceptors (Lipinski definition) is 1. The van der Waals surface area contributed by atoms with Crippen LogP contribution in [-0.2, 0) is 6.54 Å². The van der Waals surface area contributed by atoms with E-state index in [0.29, 0.717) is 0 Å². The second kappa shape index (κ2) is 4.46. The minimum absolute atomic E-state index is 1.03. The van der Waals surface area contributed by atoms with Crippen LogP contribution in [-0.4, -0.2) is 19.0 Å². The van der Waals surface area contributed by atoms with Crippen LogP contribution < -0.4 is 0 Å². The van der Waals surface area contributed by atoms with E-state index in [0.717, 1.165) is 6.54 Å². The molecule has 1 aromatic carbocycles. The summed E-state index contributed by atoms with van der Waals surface area (Å²) < 4.78 is 59.2. The van der Waals surface area contributed by atoms with E-state index in [2.05, 4.69) is 43.3 Å². The van der Waals surface area contributed by atoms with Crippen molar-refractivity contribution < 1.29 is 25.2 Å². The first-order chi connectivity index (χ1) is 7.24.